The van der Waals surface area contributed by atoms with Crippen molar-refractivity contribution >= 4 is 62.9 Å². The molecule has 3 N–H and O–H groups in total. The number of hydrogen-bond donors (Lipinski definition) is 3. The third-order valence-electron chi connectivity index (χ3n) is 9.14. The Bertz CT molecular complexity index is 1370. The van der Waals surface area contributed by atoms with Gasteiger partial charge in [-0.15, -0.1) is 0 Å². The molecular weight excluding hydrogens is 742 g/mol. The molecular formula is C33H34I2N2O4. The molecule has 4 aliphatic rings. The maximum Gasteiger partial charge on any atom is 0.408 e. The number of nitrogens with one attached hydrogen (secondary N) is 2. The first-order chi connectivity index (χ1) is 19.8. The van der Waals surface area contributed by atoms with E-state index in [2.05, 4.69) is 67.9 Å². The molecule has 3 aromatic carbocycles. The van der Waals surface area contributed by atoms with Gasteiger partial charge in [-0.2, -0.15) is 0 Å². The fourth-order valence-electron chi connectivity index (χ4n) is 7.69. The van der Waals surface area contributed by atoms with E-state index in [0.717, 1.165) is 28.9 Å². The Morgan fingerprint density at radius 2 is 1.46 bits per heavy atom. The quantitative estimate of drug-likeness (QED) is 0.207. The van der Waals surface area contributed by atoms with E-state index < -0.39 is 12.1 Å². The zero-order valence-electron chi connectivity index (χ0n) is 22.7. The molecule has 0 spiro atoms. The van der Waals surface area contributed by atoms with Gasteiger partial charge in [-0.1, -0.05) is 42.5 Å². The number of aromatic hydroxyl groups is 1. The number of alkyl carbamates (subject to hydrolysis) is 1. The van der Waals surface area contributed by atoms with E-state index >= 15 is 0 Å². The Labute approximate surface area is 268 Å². The summed E-state index contributed by atoms with van der Waals surface area (Å²) in [5.41, 5.74) is 4.12. The largest absolute Gasteiger partial charge is 0.506 e. The molecule has 0 aromatic heterocycles. The third-order valence-corrected chi connectivity index (χ3v) is 10.8. The summed E-state index contributed by atoms with van der Waals surface area (Å²) in [6, 6.07) is 20.6. The number of hydrogen-bond acceptors (Lipinski definition) is 4. The van der Waals surface area contributed by atoms with Crippen LogP contribution in [-0.4, -0.2) is 23.1 Å². The number of anilines is 1. The number of carbonyl (C=O) groups excluding carboxylic acids is 2. The molecule has 41 heavy (non-hydrogen) atoms. The molecule has 0 saturated heterocycles. The second-order valence-corrected chi connectivity index (χ2v) is 14.5. The molecule has 2 amide bonds. The lowest BCUT2D eigenvalue weighted by molar-refractivity contribution is -0.118. The molecule has 4 fully saturated rings. The first kappa shape index (κ1) is 28.8. The second-order valence-electron chi connectivity index (χ2n) is 12.1. The maximum absolute atomic E-state index is 13.5. The summed E-state index contributed by atoms with van der Waals surface area (Å²) in [5, 5.41) is 16.0. The highest BCUT2D eigenvalue weighted by molar-refractivity contribution is 14.1. The zero-order valence-corrected chi connectivity index (χ0v) is 27.1. The molecule has 3 aromatic rings. The monoisotopic (exact) mass is 776 g/mol. The van der Waals surface area contributed by atoms with Gasteiger partial charge in [-0.05, 0) is 148 Å². The molecule has 1 atom stereocenters. The molecule has 0 aliphatic heterocycles. The molecule has 0 unspecified atom stereocenters. The summed E-state index contributed by atoms with van der Waals surface area (Å²) < 4.78 is 6.80. The lowest BCUT2D eigenvalue weighted by Gasteiger charge is -2.57. The van der Waals surface area contributed by atoms with E-state index in [1.807, 2.05) is 54.6 Å². The number of amides is 2. The Hall–Kier alpha value is -2.34. The minimum atomic E-state index is -0.864. The molecule has 4 aliphatic carbocycles. The smallest absolute Gasteiger partial charge is 0.408 e. The van der Waals surface area contributed by atoms with Crippen LogP contribution in [0.1, 0.15) is 55.2 Å². The van der Waals surface area contributed by atoms with Gasteiger partial charge in [0.15, 0.2) is 0 Å². The highest BCUT2D eigenvalue weighted by Crippen LogP contribution is 2.60. The number of phenols is 1. The Balaban J connectivity index is 1.15. The van der Waals surface area contributed by atoms with Gasteiger partial charge in [0.05, 0.1) is 7.14 Å². The number of rotatable bonds is 8. The summed E-state index contributed by atoms with van der Waals surface area (Å²) in [5.74, 6) is 2.52. The molecule has 0 radical (unpaired) electrons. The molecule has 8 heteroatoms. The average Bonchev–Trinajstić information content (AvgIpc) is 2.94. The van der Waals surface area contributed by atoms with Crippen LogP contribution in [-0.2, 0) is 28.0 Å². The molecule has 6 nitrogen and oxygen atoms in total. The van der Waals surface area contributed by atoms with Crippen LogP contribution in [0.3, 0.4) is 0 Å². The van der Waals surface area contributed by atoms with Crippen molar-refractivity contribution in [3.8, 4) is 5.75 Å². The van der Waals surface area contributed by atoms with Gasteiger partial charge >= 0.3 is 6.09 Å². The van der Waals surface area contributed by atoms with Crippen LogP contribution < -0.4 is 10.6 Å². The number of phenolic OH excluding ortho intramolecular Hbond substituents is 1. The Kier molecular flexibility index (Phi) is 8.49. The van der Waals surface area contributed by atoms with Gasteiger partial charge in [0.1, 0.15) is 18.4 Å². The average molecular weight is 776 g/mol. The van der Waals surface area contributed by atoms with E-state index in [0.29, 0.717) is 18.2 Å². The molecule has 4 bridgehead atoms. The van der Waals surface area contributed by atoms with Crippen molar-refractivity contribution in [1.82, 2.24) is 5.32 Å². The predicted octanol–water partition coefficient (Wildman–Crippen LogP) is 7.55. The maximum atomic E-state index is 13.5. The normalized spacial score (nSPS) is 25.0. The van der Waals surface area contributed by atoms with Crippen molar-refractivity contribution in [3.05, 3.63) is 90.6 Å². The Morgan fingerprint density at radius 3 is 2.05 bits per heavy atom. The van der Waals surface area contributed by atoms with Gasteiger partial charge in [0, 0.05) is 12.1 Å². The minimum Gasteiger partial charge on any atom is -0.506 e. The standard InChI is InChI=1S/C33H34I2N2O4/c34-27-13-21(14-28(35)30(27)38)15-29(37-32(40)41-19-20-4-2-1-3-5-20)31(39)36-26-8-6-25(7-9-26)33-16-22-10-23(17-33)12-24(11-22)18-33/h1-9,13-14,22-24,29,38H,10-12,15-19H2,(H,36,39)(H,37,40)/t22?,23?,24?,29-,33?/m0/s1. The molecule has 7 rings (SSSR count). The minimum absolute atomic E-state index is 0.113. The first-order valence-corrected chi connectivity index (χ1v) is 16.5. The topological polar surface area (TPSA) is 87.7 Å². The van der Waals surface area contributed by atoms with Crippen molar-refractivity contribution < 1.29 is 19.4 Å². The third kappa shape index (κ3) is 6.53. The van der Waals surface area contributed by atoms with Crippen LogP contribution in [0, 0.1) is 24.9 Å². The van der Waals surface area contributed by atoms with Crippen LogP contribution in [0.5, 0.6) is 5.75 Å². The van der Waals surface area contributed by atoms with Crippen molar-refractivity contribution in [3.63, 3.8) is 0 Å². The van der Waals surface area contributed by atoms with Gasteiger partial charge in [-0.3, -0.25) is 4.79 Å². The van der Waals surface area contributed by atoms with Gasteiger partial charge in [0.2, 0.25) is 5.91 Å². The molecule has 0 heterocycles. The summed E-state index contributed by atoms with van der Waals surface area (Å²) in [6.07, 6.45) is 7.72. The molecule has 4 saturated carbocycles. The van der Waals surface area contributed by atoms with E-state index in [9.17, 15) is 14.7 Å². The first-order valence-electron chi connectivity index (χ1n) is 14.3. The van der Waals surface area contributed by atoms with Crippen LogP contribution in [0.4, 0.5) is 10.5 Å². The van der Waals surface area contributed by atoms with Gasteiger partial charge in [0.25, 0.3) is 0 Å². The van der Waals surface area contributed by atoms with E-state index in [1.165, 1.54) is 44.1 Å². The lowest BCUT2D eigenvalue weighted by atomic mass is 9.48. The van der Waals surface area contributed by atoms with Gasteiger partial charge in [-0.25, -0.2) is 4.79 Å². The summed E-state index contributed by atoms with van der Waals surface area (Å²) >= 11 is 4.14. The van der Waals surface area contributed by atoms with Crippen LogP contribution in [0.25, 0.3) is 0 Å². The zero-order chi connectivity index (χ0) is 28.6. The fourth-order valence-corrected chi connectivity index (χ4v) is 9.59. The van der Waals surface area contributed by atoms with E-state index in [-0.39, 0.29) is 24.7 Å². The fraction of sp³-hybridized carbons (Fsp3) is 0.394. The Morgan fingerprint density at radius 1 is 0.878 bits per heavy atom. The SMILES string of the molecule is O=C(N[C@@H](Cc1cc(I)c(O)c(I)c1)C(=O)Nc1ccc(C23CC4CC(CC(C4)C2)C3)cc1)OCc1ccccc1. The van der Waals surface area contributed by atoms with E-state index in [1.54, 1.807) is 0 Å². The lowest BCUT2D eigenvalue weighted by Crippen LogP contribution is -2.48. The van der Waals surface area contributed by atoms with Crippen LogP contribution >= 0.6 is 45.2 Å². The number of benzene rings is 3. The number of carbonyl (C=O) groups is 2. The van der Waals surface area contributed by atoms with E-state index in [4.69, 9.17) is 4.74 Å². The molecule has 214 valence electrons. The van der Waals surface area contributed by atoms with Crippen molar-refractivity contribution in [2.75, 3.05) is 5.32 Å². The van der Waals surface area contributed by atoms with Crippen LogP contribution in [0.2, 0.25) is 0 Å². The highest BCUT2D eigenvalue weighted by Gasteiger charge is 2.51. The van der Waals surface area contributed by atoms with Gasteiger partial charge < -0.3 is 20.5 Å². The summed E-state index contributed by atoms with van der Waals surface area (Å²) in [7, 11) is 0. The number of ether oxygens (including phenoxy) is 1. The van der Waals surface area contributed by atoms with Crippen molar-refractivity contribution in [1.29, 1.82) is 0 Å². The summed E-state index contributed by atoms with van der Waals surface area (Å²) in [6.45, 7) is 0.113. The van der Waals surface area contributed by atoms with Crippen molar-refractivity contribution in [2.24, 2.45) is 17.8 Å². The van der Waals surface area contributed by atoms with Crippen LogP contribution in [0.15, 0.2) is 66.7 Å². The number of halogens is 2. The second kappa shape index (κ2) is 12.1. The predicted molar refractivity (Wildman–Crippen MR) is 176 cm³/mol. The van der Waals surface area contributed by atoms with Crippen molar-refractivity contribution in [2.45, 2.75) is 63.0 Å². The highest BCUT2D eigenvalue weighted by atomic mass is 127. The summed E-state index contributed by atoms with van der Waals surface area (Å²) in [4.78, 5) is 26.3.